The summed E-state index contributed by atoms with van der Waals surface area (Å²) in [7, 11) is 1.61. The van der Waals surface area contributed by atoms with Crippen LogP contribution < -0.4 is 20.1 Å². The van der Waals surface area contributed by atoms with Crippen LogP contribution in [-0.2, 0) is 6.54 Å². The number of benzene rings is 2. The average Bonchev–Trinajstić information content (AvgIpc) is 2.77. The highest BCUT2D eigenvalue weighted by Crippen LogP contribution is 2.14. The lowest BCUT2D eigenvalue weighted by molar-refractivity contribution is 0.248. The van der Waals surface area contributed by atoms with Gasteiger partial charge in [-0.15, -0.1) is 0 Å². The number of methoxy groups -OCH3 is 1. The zero-order chi connectivity index (χ0) is 20.5. The summed E-state index contributed by atoms with van der Waals surface area (Å²) >= 11 is 0. The van der Waals surface area contributed by atoms with Crippen LogP contribution in [0.3, 0.4) is 0 Å². The molecule has 2 amide bonds. The molecule has 0 aliphatic carbocycles. The van der Waals surface area contributed by atoms with Crippen molar-refractivity contribution >= 4 is 6.03 Å². The minimum atomic E-state index is -0.450. The molecule has 150 valence electrons. The molecular weight excluding hydrogens is 368 g/mol. The second-order valence-electron chi connectivity index (χ2n) is 6.27. The molecule has 0 bridgehead atoms. The number of nitrogens with zero attached hydrogens (tertiary/aromatic N) is 3. The maximum Gasteiger partial charge on any atom is 0.341 e. The molecule has 0 radical (unpaired) electrons. The molecule has 1 N–H and O–H groups in total. The van der Waals surface area contributed by atoms with Crippen molar-refractivity contribution in [2.45, 2.75) is 19.9 Å². The van der Waals surface area contributed by atoms with Crippen molar-refractivity contribution in [2.75, 3.05) is 13.7 Å². The topological polar surface area (TPSA) is 77.7 Å². The fraction of sp³-hybridized carbons (Fsp3) is 0.227. The fourth-order valence-corrected chi connectivity index (χ4v) is 2.65. The Kier molecular flexibility index (Phi) is 7.00. The zero-order valence-electron chi connectivity index (χ0n) is 16.5. The maximum atomic E-state index is 12.2. The van der Waals surface area contributed by atoms with Crippen LogP contribution in [0.15, 0.2) is 71.9 Å². The number of hydrogen-bond acceptors (Lipinski definition) is 4. The minimum Gasteiger partial charge on any atom is -0.497 e. The van der Waals surface area contributed by atoms with Crippen LogP contribution in [0.4, 0.5) is 4.79 Å². The second-order valence-corrected chi connectivity index (χ2v) is 6.27. The summed E-state index contributed by atoms with van der Waals surface area (Å²) in [4.78, 5) is 16.3. The van der Waals surface area contributed by atoms with Crippen molar-refractivity contribution in [3.63, 3.8) is 0 Å². The van der Waals surface area contributed by atoms with Crippen LogP contribution in [0.5, 0.6) is 11.6 Å². The van der Waals surface area contributed by atoms with Gasteiger partial charge in [0.1, 0.15) is 5.75 Å². The first-order valence-corrected chi connectivity index (χ1v) is 9.42. The lowest BCUT2D eigenvalue weighted by Crippen LogP contribution is -2.23. The van der Waals surface area contributed by atoms with Crippen LogP contribution in [0.1, 0.15) is 18.9 Å². The van der Waals surface area contributed by atoms with Crippen molar-refractivity contribution in [1.29, 1.82) is 0 Å². The number of ether oxygens (including phenoxy) is 2. The van der Waals surface area contributed by atoms with Gasteiger partial charge in [0, 0.05) is 12.6 Å². The molecule has 7 nitrogen and oxygen atoms in total. The lowest BCUT2D eigenvalue weighted by atomic mass is 10.2. The molecule has 3 rings (SSSR count). The molecule has 7 heteroatoms. The summed E-state index contributed by atoms with van der Waals surface area (Å²) in [6, 6.07) is 18.4. The Labute approximate surface area is 169 Å². The van der Waals surface area contributed by atoms with E-state index in [1.54, 1.807) is 17.9 Å². The Morgan fingerprint density at radius 1 is 1.14 bits per heavy atom. The van der Waals surface area contributed by atoms with E-state index in [9.17, 15) is 4.79 Å². The van der Waals surface area contributed by atoms with Gasteiger partial charge in [-0.25, -0.2) is 9.48 Å². The number of carbonyl (C=O) groups is 1. The first kappa shape index (κ1) is 20.1. The van der Waals surface area contributed by atoms with E-state index in [0.29, 0.717) is 24.4 Å². The normalized spacial score (nSPS) is 11.2. The molecular formula is C22H24N4O3. The highest BCUT2D eigenvalue weighted by Gasteiger charge is 2.06. The van der Waals surface area contributed by atoms with Gasteiger partial charge in [-0.2, -0.15) is 10.1 Å². The van der Waals surface area contributed by atoms with Gasteiger partial charge in [0.15, 0.2) is 0 Å². The molecule has 3 aromatic rings. The monoisotopic (exact) mass is 392 g/mol. The number of amides is 2. The van der Waals surface area contributed by atoms with Gasteiger partial charge in [0.05, 0.1) is 31.0 Å². The van der Waals surface area contributed by atoms with E-state index < -0.39 is 6.03 Å². The van der Waals surface area contributed by atoms with E-state index in [2.05, 4.69) is 15.4 Å². The van der Waals surface area contributed by atoms with Crippen LogP contribution in [0, 0.1) is 0 Å². The quantitative estimate of drug-likeness (QED) is 0.668. The Morgan fingerprint density at radius 3 is 2.72 bits per heavy atom. The molecule has 1 aromatic heterocycles. The summed E-state index contributed by atoms with van der Waals surface area (Å²) < 4.78 is 12.7. The summed E-state index contributed by atoms with van der Waals surface area (Å²) in [5, 5.41) is 7.59. The number of aromatic nitrogens is 2. The van der Waals surface area contributed by atoms with Crippen molar-refractivity contribution in [3.8, 4) is 17.3 Å². The Balaban J connectivity index is 1.78. The first-order chi connectivity index (χ1) is 14.2. The van der Waals surface area contributed by atoms with E-state index >= 15 is 0 Å². The van der Waals surface area contributed by atoms with Gasteiger partial charge in [0.25, 0.3) is 0 Å². The van der Waals surface area contributed by atoms with Gasteiger partial charge in [-0.1, -0.05) is 37.3 Å². The first-order valence-electron chi connectivity index (χ1n) is 9.42. The highest BCUT2D eigenvalue weighted by atomic mass is 16.5. The van der Waals surface area contributed by atoms with E-state index in [1.165, 1.54) is 6.20 Å². The summed E-state index contributed by atoms with van der Waals surface area (Å²) in [6.07, 6.45) is 2.40. The molecule has 29 heavy (non-hydrogen) atoms. The third-order valence-electron chi connectivity index (χ3n) is 4.05. The van der Waals surface area contributed by atoms with E-state index in [4.69, 9.17) is 9.47 Å². The van der Waals surface area contributed by atoms with Crippen LogP contribution in [-0.4, -0.2) is 29.5 Å². The molecule has 0 saturated heterocycles. The number of nitrogens with one attached hydrogen (secondary N) is 1. The molecule has 0 unspecified atom stereocenters. The molecule has 0 fully saturated rings. The Bertz CT molecular complexity index is 1020. The molecule has 0 atom stereocenters. The molecule has 1 heterocycles. The maximum absolute atomic E-state index is 12.2. The van der Waals surface area contributed by atoms with Gasteiger partial charge >= 0.3 is 6.03 Å². The van der Waals surface area contributed by atoms with Crippen LogP contribution >= 0.6 is 0 Å². The number of rotatable bonds is 7. The van der Waals surface area contributed by atoms with Crippen molar-refractivity contribution in [3.05, 3.63) is 77.8 Å². The molecule has 0 aliphatic heterocycles. The Hall–Kier alpha value is -3.61. The number of hydrogen-bond donors (Lipinski definition) is 1. The number of carbonyl (C=O) groups excluding carboxylic acids is 1. The van der Waals surface area contributed by atoms with E-state index in [-0.39, 0.29) is 0 Å². The fourth-order valence-electron chi connectivity index (χ4n) is 2.65. The average molecular weight is 392 g/mol. The Morgan fingerprint density at radius 2 is 1.97 bits per heavy atom. The second kappa shape index (κ2) is 10.1. The van der Waals surface area contributed by atoms with E-state index in [0.717, 1.165) is 23.4 Å². The van der Waals surface area contributed by atoms with Gasteiger partial charge < -0.3 is 14.8 Å². The van der Waals surface area contributed by atoms with Crippen LogP contribution in [0.2, 0.25) is 0 Å². The standard InChI is InChI=1S/C22H24N4O3/c1-3-12-29-21-14-18(16-24-26(21)19-9-5-4-6-10-19)25-22(27)23-15-17-8-7-11-20(13-17)28-2/h4-11,13-14,16H,3,12,15H2,1-2H3,(H,23,27)/b25-18+. The summed E-state index contributed by atoms with van der Waals surface area (Å²) in [5.74, 6) is 1.27. The highest BCUT2D eigenvalue weighted by molar-refractivity contribution is 5.74. The minimum absolute atomic E-state index is 0.350. The van der Waals surface area contributed by atoms with Crippen molar-refractivity contribution < 1.29 is 14.3 Å². The summed E-state index contributed by atoms with van der Waals surface area (Å²) in [6.45, 7) is 2.92. The lowest BCUT2D eigenvalue weighted by Gasteiger charge is -2.12. The predicted molar refractivity (Wildman–Crippen MR) is 110 cm³/mol. The zero-order valence-corrected chi connectivity index (χ0v) is 16.5. The van der Waals surface area contributed by atoms with Crippen molar-refractivity contribution in [1.82, 2.24) is 15.1 Å². The number of para-hydroxylation sites is 1. The molecule has 0 spiro atoms. The third kappa shape index (κ3) is 5.68. The number of urea groups is 1. The van der Waals surface area contributed by atoms with Gasteiger partial charge in [0.2, 0.25) is 5.88 Å². The molecule has 2 aromatic carbocycles. The predicted octanol–water partition coefficient (Wildman–Crippen LogP) is 3.48. The molecule has 0 aliphatic rings. The SMILES string of the molecule is CCCOc1c/c(=N\C(=O)NCc2cccc(OC)c2)cnn1-c1ccccc1. The third-order valence-corrected chi connectivity index (χ3v) is 4.05. The van der Waals surface area contributed by atoms with Gasteiger partial charge in [-0.05, 0) is 36.2 Å². The molecule has 0 saturated carbocycles. The van der Waals surface area contributed by atoms with Crippen molar-refractivity contribution in [2.24, 2.45) is 4.99 Å². The van der Waals surface area contributed by atoms with E-state index in [1.807, 2.05) is 61.5 Å². The van der Waals surface area contributed by atoms with Gasteiger partial charge in [-0.3, -0.25) is 0 Å². The largest absolute Gasteiger partial charge is 0.497 e. The van der Waals surface area contributed by atoms with Crippen LogP contribution in [0.25, 0.3) is 5.69 Å². The smallest absolute Gasteiger partial charge is 0.341 e. The summed E-state index contributed by atoms with van der Waals surface area (Å²) in [5.41, 5.74) is 1.79.